The highest BCUT2D eigenvalue weighted by molar-refractivity contribution is 8.27. The van der Waals surface area contributed by atoms with Crippen LogP contribution < -0.4 is 19.6 Å². The number of carbonyl (C=O) groups excluding carboxylic acids is 1. The van der Waals surface area contributed by atoms with Crippen molar-refractivity contribution in [2.24, 2.45) is 0 Å². The van der Waals surface area contributed by atoms with E-state index in [2.05, 4.69) is 13.8 Å². The standard InChI is InChI=1S/C22H24N2O3S2/c1-4-23(5-2)16-8-10-17(11-9-16)24-21(26)20(29-22(24)28)14-15-7-12-18(25)19(13-15)27-6-3/h7-14,25H,4-6H2,1-3H3/b20-14-. The maximum absolute atomic E-state index is 13.0. The van der Waals surface area contributed by atoms with Crippen LogP contribution in [0.1, 0.15) is 26.3 Å². The molecule has 1 saturated heterocycles. The van der Waals surface area contributed by atoms with E-state index in [0.717, 1.165) is 24.3 Å². The SMILES string of the molecule is CCOc1cc(/C=C2\SC(=S)N(c3ccc([NH+](CC)CC)cc3)C2=O)ccc1[O-]. The van der Waals surface area contributed by atoms with E-state index in [1.807, 2.05) is 31.2 Å². The van der Waals surface area contributed by atoms with Gasteiger partial charge < -0.3 is 14.7 Å². The van der Waals surface area contributed by atoms with Gasteiger partial charge in [-0.2, -0.15) is 0 Å². The smallest absolute Gasteiger partial charge is 0.270 e. The van der Waals surface area contributed by atoms with E-state index in [-0.39, 0.29) is 17.4 Å². The Balaban J connectivity index is 1.84. The first-order valence-corrected chi connectivity index (χ1v) is 10.9. The molecule has 5 nitrogen and oxygen atoms in total. The molecule has 0 unspecified atom stereocenters. The topological polar surface area (TPSA) is 57.0 Å². The third-order valence-electron chi connectivity index (χ3n) is 4.75. The van der Waals surface area contributed by atoms with Crippen LogP contribution in [0.3, 0.4) is 0 Å². The van der Waals surface area contributed by atoms with Gasteiger partial charge in [-0.25, -0.2) is 0 Å². The Morgan fingerprint density at radius 2 is 1.83 bits per heavy atom. The predicted molar refractivity (Wildman–Crippen MR) is 121 cm³/mol. The van der Waals surface area contributed by atoms with Crippen molar-refractivity contribution in [2.75, 3.05) is 24.6 Å². The van der Waals surface area contributed by atoms with E-state index in [1.165, 1.54) is 28.4 Å². The second-order valence-electron chi connectivity index (χ2n) is 6.51. The average Bonchev–Trinajstić information content (AvgIpc) is 2.99. The van der Waals surface area contributed by atoms with Gasteiger partial charge in [0.2, 0.25) is 0 Å². The number of nitrogens with one attached hydrogen (secondary N) is 1. The lowest BCUT2D eigenvalue weighted by Crippen LogP contribution is -3.06. The van der Waals surface area contributed by atoms with Gasteiger partial charge in [-0.3, -0.25) is 9.69 Å². The van der Waals surface area contributed by atoms with Gasteiger partial charge >= 0.3 is 0 Å². The van der Waals surface area contributed by atoms with E-state index >= 15 is 0 Å². The first kappa shape index (κ1) is 21.4. The zero-order valence-electron chi connectivity index (χ0n) is 16.7. The Bertz CT molecular complexity index is 938. The van der Waals surface area contributed by atoms with Crippen LogP contribution in [0.4, 0.5) is 11.4 Å². The predicted octanol–water partition coefficient (Wildman–Crippen LogP) is 3.12. The molecule has 0 bridgehead atoms. The van der Waals surface area contributed by atoms with Crippen LogP contribution in [-0.4, -0.2) is 29.9 Å². The van der Waals surface area contributed by atoms with Gasteiger partial charge in [0.05, 0.1) is 30.3 Å². The number of thioether (sulfide) groups is 1. The Labute approximate surface area is 181 Å². The fourth-order valence-corrected chi connectivity index (χ4v) is 4.53. The molecule has 1 amide bonds. The van der Waals surface area contributed by atoms with Crippen molar-refractivity contribution in [3.8, 4) is 11.5 Å². The summed E-state index contributed by atoms with van der Waals surface area (Å²) in [4.78, 5) is 16.4. The highest BCUT2D eigenvalue weighted by Gasteiger charge is 2.33. The summed E-state index contributed by atoms with van der Waals surface area (Å²) in [6, 6.07) is 12.7. The van der Waals surface area contributed by atoms with Gasteiger partial charge in [0.25, 0.3) is 5.91 Å². The quantitative estimate of drug-likeness (QED) is 0.542. The molecule has 0 aromatic heterocycles. The number of hydrogen-bond acceptors (Lipinski definition) is 5. The molecule has 7 heteroatoms. The Hall–Kier alpha value is -2.35. The van der Waals surface area contributed by atoms with Crippen LogP contribution in [0, 0.1) is 0 Å². The van der Waals surface area contributed by atoms with Crippen molar-refractivity contribution in [3.05, 3.63) is 52.9 Å². The van der Waals surface area contributed by atoms with Crippen molar-refractivity contribution < 1.29 is 19.5 Å². The van der Waals surface area contributed by atoms with E-state index in [9.17, 15) is 9.90 Å². The molecular formula is C22H24N2O3S2. The van der Waals surface area contributed by atoms with Crippen LogP contribution in [0.2, 0.25) is 0 Å². The number of amides is 1. The normalized spacial score (nSPS) is 15.6. The van der Waals surface area contributed by atoms with Crippen LogP contribution in [-0.2, 0) is 4.79 Å². The maximum atomic E-state index is 13.0. The molecule has 3 rings (SSSR count). The lowest BCUT2D eigenvalue weighted by atomic mass is 10.2. The maximum Gasteiger partial charge on any atom is 0.270 e. The second kappa shape index (κ2) is 9.43. The first-order valence-electron chi connectivity index (χ1n) is 9.65. The Kier molecular flexibility index (Phi) is 6.95. The van der Waals surface area contributed by atoms with Crippen molar-refractivity contribution in [2.45, 2.75) is 20.8 Å². The summed E-state index contributed by atoms with van der Waals surface area (Å²) in [7, 11) is 0. The average molecular weight is 429 g/mol. The summed E-state index contributed by atoms with van der Waals surface area (Å²) in [6.45, 7) is 8.54. The van der Waals surface area contributed by atoms with E-state index in [1.54, 1.807) is 23.1 Å². The van der Waals surface area contributed by atoms with E-state index < -0.39 is 0 Å². The molecule has 0 aliphatic carbocycles. The van der Waals surface area contributed by atoms with Crippen LogP contribution >= 0.6 is 24.0 Å². The first-order chi connectivity index (χ1) is 14.0. The third kappa shape index (κ3) is 4.63. The van der Waals surface area contributed by atoms with Gasteiger partial charge in [-0.1, -0.05) is 41.9 Å². The van der Waals surface area contributed by atoms with E-state index in [4.69, 9.17) is 17.0 Å². The number of nitrogens with zero attached hydrogens (tertiary/aromatic N) is 1. The van der Waals surface area contributed by atoms with Gasteiger partial charge in [-0.15, -0.1) is 0 Å². The molecule has 1 aliphatic rings. The zero-order valence-corrected chi connectivity index (χ0v) is 18.4. The van der Waals surface area contributed by atoms with Crippen LogP contribution in [0.25, 0.3) is 6.08 Å². The molecule has 1 aliphatic heterocycles. The lowest BCUT2D eigenvalue weighted by molar-refractivity contribution is -0.828. The zero-order chi connectivity index (χ0) is 21.0. The molecule has 0 spiro atoms. The summed E-state index contributed by atoms with van der Waals surface area (Å²) in [5, 5.41) is 11.8. The van der Waals surface area contributed by atoms with Gasteiger partial charge in [0.1, 0.15) is 11.4 Å². The molecule has 0 saturated carbocycles. The largest absolute Gasteiger partial charge is 0.870 e. The Morgan fingerprint density at radius 1 is 1.14 bits per heavy atom. The van der Waals surface area contributed by atoms with E-state index in [0.29, 0.717) is 15.8 Å². The molecule has 2 aromatic rings. The van der Waals surface area contributed by atoms with Gasteiger partial charge in [-0.05, 0) is 50.6 Å². The molecule has 0 radical (unpaired) electrons. The van der Waals surface area contributed by atoms with Crippen LogP contribution in [0.15, 0.2) is 47.4 Å². The fraction of sp³-hybridized carbons (Fsp3) is 0.273. The molecule has 152 valence electrons. The molecule has 0 atom stereocenters. The fourth-order valence-electron chi connectivity index (χ4n) is 3.23. The highest BCUT2D eigenvalue weighted by atomic mass is 32.2. The number of anilines is 1. The summed E-state index contributed by atoms with van der Waals surface area (Å²) >= 11 is 6.72. The highest BCUT2D eigenvalue weighted by Crippen LogP contribution is 2.37. The summed E-state index contributed by atoms with van der Waals surface area (Å²) in [6.07, 6.45) is 1.75. The number of hydrogen-bond donors (Lipinski definition) is 1. The number of benzene rings is 2. The Morgan fingerprint density at radius 3 is 2.45 bits per heavy atom. The molecular weight excluding hydrogens is 404 g/mol. The number of carbonyl (C=O) groups is 1. The molecule has 2 aromatic carbocycles. The number of thiocarbonyl (C=S) groups is 1. The van der Waals surface area contributed by atoms with Crippen molar-refractivity contribution >= 4 is 51.7 Å². The van der Waals surface area contributed by atoms with Gasteiger partial charge in [0, 0.05) is 12.1 Å². The lowest BCUT2D eigenvalue weighted by Gasteiger charge is -2.18. The number of ether oxygens (including phenoxy) is 1. The summed E-state index contributed by atoms with van der Waals surface area (Å²) in [5.74, 6) is -0.0507. The summed E-state index contributed by atoms with van der Waals surface area (Å²) < 4.78 is 5.85. The number of quaternary nitrogens is 1. The minimum absolute atomic E-state index is 0.160. The molecule has 1 N–H and O–H groups in total. The molecule has 1 fully saturated rings. The minimum atomic E-state index is -0.174. The van der Waals surface area contributed by atoms with Gasteiger partial charge in [0.15, 0.2) is 4.32 Å². The summed E-state index contributed by atoms with van der Waals surface area (Å²) in [5.41, 5.74) is 2.69. The third-order valence-corrected chi connectivity index (χ3v) is 6.05. The van der Waals surface area contributed by atoms with Crippen molar-refractivity contribution in [1.82, 2.24) is 0 Å². The number of rotatable bonds is 7. The van der Waals surface area contributed by atoms with Crippen molar-refractivity contribution in [3.63, 3.8) is 0 Å². The second-order valence-corrected chi connectivity index (χ2v) is 8.19. The molecule has 29 heavy (non-hydrogen) atoms. The van der Waals surface area contributed by atoms with Crippen LogP contribution in [0.5, 0.6) is 11.5 Å². The monoisotopic (exact) mass is 428 g/mol. The molecule has 1 heterocycles. The minimum Gasteiger partial charge on any atom is -0.870 e. The van der Waals surface area contributed by atoms with Crippen molar-refractivity contribution in [1.29, 1.82) is 0 Å².